The highest BCUT2D eigenvalue weighted by Gasteiger charge is 2.15. The van der Waals surface area contributed by atoms with E-state index in [1.807, 2.05) is 59.4 Å². The third kappa shape index (κ3) is 3.71. The van der Waals surface area contributed by atoms with Crippen molar-refractivity contribution in [2.45, 2.75) is 13.5 Å². The van der Waals surface area contributed by atoms with Crippen molar-refractivity contribution in [2.24, 2.45) is 0 Å². The van der Waals surface area contributed by atoms with Crippen LogP contribution in [0.1, 0.15) is 12.5 Å². The number of nitrogens with zero attached hydrogens (tertiary/aromatic N) is 5. The maximum atomic E-state index is 5.46. The molecule has 7 nitrogen and oxygen atoms in total. The molecule has 0 amide bonds. The minimum atomic E-state index is 0.667. The zero-order valence-corrected chi connectivity index (χ0v) is 16.7. The van der Waals surface area contributed by atoms with Gasteiger partial charge in [-0.1, -0.05) is 0 Å². The smallest absolute Gasteiger partial charge is 0.212 e. The van der Waals surface area contributed by atoms with Crippen LogP contribution in [-0.4, -0.2) is 40.1 Å². The summed E-state index contributed by atoms with van der Waals surface area (Å²) in [6.07, 6.45) is 7.34. The number of fused-ring (bicyclic) bond motifs is 1. The van der Waals surface area contributed by atoms with Crippen LogP contribution in [0.25, 0.3) is 16.9 Å². The Morgan fingerprint density at radius 1 is 0.966 bits per heavy atom. The molecule has 0 unspecified atom stereocenters. The third-order valence-corrected chi connectivity index (χ3v) is 4.84. The number of rotatable bonds is 7. The maximum absolute atomic E-state index is 5.46. The van der Waals surface area contributed by atoms with Crippen molar-refractivity contribution in [3.05, 3.63) is 66.7 Å². The van der Waals surface area contributed by atoms with Crippen molar-refractivity contribution in [1.82, 2.24) is 19.4 Å². The number of aromatic nitrogens is 4. The van der Waals surface area contributed by atoms with Crippen molar-refractivity contribution < 1.29 is 9.47 Å². The van der Waals surface area contributed by atoms with E-state index >= 15 is 0 Å². The second-order valence-electron chi connectivity index (χ2n) is 6.54. The van der Waals surface area contributed by atoms with Gasteiger partial charge in [-0.05, 0) is 42.8 Å². The van der Waals surface area contributed by atoms with Gasteiger partial charge in [-0.25, -0.2) is 9.97 Å². The summed E-state index contributed by atoms with van der Waals surface area (Å²) < 4.78 is 12.8. The summed E-state index contributed by atoms with van der Waals surface area (Å²) in [6.45, 7) is 3.65. The van der Waals surface area contributed by atoms with E-state index < -0.39 is 0 Å². The first-order valence-corrected chi connectivity index (χ1v) is 9.44. The van der Waals surface area contributed by atoms with E-state index in [1.54, 1.807) is 20.4 Å². The van der Waals surface area contributed by atoms with Gasteiger partial charge in [0.2, 0.25) is 5.95 Å². The number of methoxy groups -OCH3 is 2. The average Bonchev–Trinajstić information content (AvgIpc) is 3.26. The lowest BCUT2D eigenvalue weighted by atomic mass is 10.1. The number of benzene rings is 1. The van der Waals surface area contributed by atoms with Crippen LogP contribution in [0.5, 0.6) is 11.5 Å². The fourth-order valence-corrected chi connectivity index (χ4v) is 3.31. The Morgan fingerprint density at radius 3 is 2.48 bits per heavy atom. The molecule has 0 saturated heterocycles. The zero-order chi connectivity index (χ0) is 20.2. The van der Waals surface area contributed by atoms with Crippen LogP contribution >= 0.6 is 0 Å². The van der Waals surface area contributed by atoms with Crippen LogP contribution in [0.3, 0.4) is 0 Å². The quantitative estimate of drug-likeness (QED) is 0.479. The molecular formula is C22H23N5O2. The molecule has 0 aliphatic rings. The van der Waals surface area contributed by atoms with E-state index in [0.29, 0.717) is 11.5 Å². The molecule has 0 aliphatic heterocycles. The highest BCUT2D eigenvalue weighted by Crippen LogP contribution is 2.33. The molecule has 0 saturated carbocycles. The van der Waals surface area contributed by atoms with Crippen LogP contribution in [0.2, 0.25) is 0 Å². The first-order valence-electron chi connectivity index (χ1n) is 9.44. The molecular weight excluding hydrogens is 366 g/mol. The summed E-state index contributed by atoms with van der Waals surface area (Å²) in [4.78, 5) is 15.8. The molecule has 0 aliphatic carbocycles. The Bertz CT molecular complexity index is 1110. The SMILES string of the molecule is CCN(Cc1ccncc1)c1nc(-c2ccc(OC)c(OC)c2)cc2nccn12. The van der Waals surface area contributed by atoms with Gasteiger partial charge in [-0.2, -0.15) is 0 Å². The molecule has 0 spiro atoms. The van der Waals surface area contributed by atoms with Gasteiger partial charge in [-0.3, -0.25) is 9.38 Å². The summed E-state index contributed by atoms with van der Waals surface area (Å²) in [6, 6.07) is 11.8. The van der Waals surface area contributed by atoms with Gasteiger partial charge in [0.15, 0.2) is 11.5 Å². The third-order valence-electron chi connectivity index (χ3n) is 4.84. The van der Waals surface area contributed by atoms with Crippen molar-refractivity contribution >= 4 is 11.6 Å². The number of hydrogen-bond acceptors (Lipinski definition) is 6. The summed E-state index contributed by atoms with van der Waals surface area (Å²) >= 11 is 0. The van der Waals surface area contributed by atoms with Gasteiger partial charge < -0.3 is 14.4 Å². The lowest BCUT2D eigenvalue weighted by Gasteiger charge is -2.23. The first kappa shape index (κ1) is 18.7. The standard InChI is InChI=1S/C22H23N5O2/c1-4-26(15-16-7-9-23-10-8-16)22-25-18(14-21-24-11-12-27(21)22)17-5-6-19(28-2)20(13-17)29-3/h5-14H,4,15H2,1-3H3. The number of ether oxygens (including phenoxy) is 2. The van der Waals surface area contributed by atoms with Crippen molar-refractivity contribution in [3.63, 3.8) is 0 Å². The molecule has 4 rings (SSSR count). The largest absolute Gasteiger partial charge is 0.493 e. The Morgan fingerprint density at radius 2 is 1.76 bits per heavy atom. The Labute approximate surface area is 169 Å². The number of anilines is 1. The first-order chi connectivity index (χ1) is 14.2. The van der Waals surface area contributed by atoms with Crippen molar-refractivity contribution in [3.8, 4) is 22.8 Å². The van der Waals surface area contributed by atoms with Gasteiger partial charge >= 0.3 is 0 Å². The molecule has 148 valence electrons. The van der Waals surface area contributed by atoms with Gasteiger partial charge in [0, 0.05) is 49.5 Å². The van der Waals surface area contributed by atoms with E-state index in [4.69, 9.17) is 14.5 Å². The predicted molar refractivity (Wildman–Crippen MR) is 112 cm³/mol. The molecule has 0 atom stereocenters. The van der Waals surface area contributed by atoms with Crippen molar-refractivity contribution in [2.75, 3.05) is 25.7 Å². The Kier molecular flexibility index (Phi) is 5.29. The van der Waals surface area contributed by atoms with Gasteiger partial charge in [0.25, 0.3) is 0 Å². The minimum Gasteiger partial charge on any atom is -0.493 e. The van der Waals surface area contributed by atoms with Crippen LogP contribution in [-0.2, 0) is 6.54 Å². The number of imidazole rings is 1. The summed E-state index contributed by atoms with van der Waals surface area (Å²) in [5, 5.41) is 0. The lowest BCUT2D eigenvalue weighted by molar-refractivity contribution is 0.355. The molecule has 0 fully saturated rings. The predicted octanol–water partition coefficient (Wildman–Crippen LogP) is 3.84. The summed E-state index contributed by atoms with van der Waals surface area (Å²) in [5.74, 6) is 2.19. The van der Waals surface area contributed by atoms with E-state index in [2.05, 4.69) is 21.8 Å². The van der Waals surface area contributed by atoms with Gasteiger partial charge in [0.05, 0.1) is 19.9 Å². The summed E-state index contributed by atoms with van der Waals surface area (Å²) in [5.41, 5.74) is 3.78. The van der Waals surface area contributed by atoms with Gasteiger partial charge in [0.1, 0.15) is 5.65 Å². The molecule has 4 aromatic rings. The van der Waals surface area contributed by atoms with Gasteiger partial charge in [-0.15, -0.1) is 0 Å². The van der Waals surface area contributed by atoms with Crippen molar-refractivity contribution in [1.29, 1.82) is 0 Å². The molecule has 0 bridgehead atoms. The molecule has 3 aromatic heterocycles. The molecule has 7 heteroatoms. The molecule has 0 N–H and O–H groups in total. The number of hydrogen-bond donors (Lipinski definition) is 0. The second-order valence-corrected chi connectivity index (χ2v) is 6.54. The van der Waals surface area contributed by atoms with Crippen LogP contribution in [0.4, 0.5) is 5.95 Å². The summed E-state index contributed by atoms with van der Waals surface area (Å²) in [7, 11) is 3.26. The normalized spacial score (nSPS) is 10.9. The van der Waals surface area contributed by atoms with Crippen LogP contribution < -0.4 is 14.4 Å². The molecule has 3 heterocycles. The topological polar surface area (TPSA) is 64.8 Å². The lowest BCUT2D eigenvalue weighted by Crippen LogP contribution is -2.25. The fourth-order valence-electron chi connectivity index (χ4n) is 3.31. The van der Waals surface area contributed by atoms with E-state index in [1.165, 1.54) is 5.56 Å². The van der Waals surface area contributed by atoms with E-state index in [9.17, 15) is 0 Å². The van der Waals surface area contributed by atoms with E-state index in [0.717, 1.165) is 35.9 Å². The highest BCUT2D eigenvalue weighted by molar-refractivity contribution is 5.69. The molecule has 1 aromatic carbocycles. The minimum absolute atomic E-state index is 0.667. The maximum Gasteiger partial charge on any atom is 0.212 e. The highest BCUT2D eigenvalue weighted by atomic mass is 16.5. The van der Waals surface area contributed by atoms with E-state index in [-0.39, 0.29) is 0 Å². The monoisotopic (exact) mass is 389 g/mol. The Hall–Kier alpha value is -3.61. The fraction of sp³-hybridized carbons (Fsp3) is 0.227. The second kappa shape index (κ2) is 8.18. The van der Waals surface area contributed by atoms with Crippen LogP contribution in [0, 0.1) is 0 Å². The molecule has 29 heavy (non-hydrogen) atoms. The van der Waals surface area contributed by atoms with Crippen LogP contribution in [0.15, 0.2) is 61.2 Å². The average molecular weight is 389 g/mol. The zero-order valence-electron chi connectivity index (χ0n) is 16.7. The molecule has 0 radical (unpaired) electrons. The Balaban J connectivity index is 1.80. The number of pyridine rings is 1.